The number of aliphatic imine (C=N–C) groups is 1. The molecule has 0 spiro atoms. The van der Waals surface area contributed by atoms with Gasteiger partial charge in [-0.1, -0.05) is 40.2 Å². The maximum Gasteiger partial charge on any atom is 0.193 e. The number of nitrogens with zero attached hydrogens (tertiary/aromatic N) is 1. The summed E-state index contributed by atoms with van der Waals surface area (Å²) in [4.78, 5) is 16.8. The van der Waals surface area contributed by atoms with E-state index in [-0.39, 0.29) is 11.6 Å². The molecule has 0 bridgehead atoms. The van der Waals surface area contributed by atoms with Crippen molar-refractivity contribution in [3.05, 3.63) is 99.8 Å². The molecule has 3 rings (SSSR count). The van der Waals surface area contributed by atoms with Crippen molar-refractivity contribution < 1.29 is 9.18 Å². The third-order valence-electron chi connectivity index (χ3n) is 3.45. The zero-order chi connectivity index (χ0) is 16.9. The molecule has 24 heavy (non-hydrogen) atoms. The predicted molar refractivity (Wildman–Crippen MR) is 97.7 cm³/mol. The van der Waals surface area contributed by atoms with Crippen LogP contribution in [0.2, 0.25) is 0 Å². The van der Waals surface area contributed by atoms with Gasteiger partial charge in [0.1, 0.15) is 5.82 Å². The Morgan fingerprint density at radius 1 is 0.917 bits per heavy atom. The average molecular weight is 382 g/mol. The molecule has 3 aromatic rings. The fourth-order valence-electron chi connectivity index (χ4n) is 2.19. The molecule has 0 radical (unpaired) electrons. The summed E-state index contributed by atoms with van der Waals surface area (Å²) < 4.78 is 14.0. The van der Waals surface area contributed by atoms with Crippen molar-refractivity contribution in [3.8, 4) is 0 Å². The van der Waals surface area contributed by atoms with E-state index in [1.54, 1.807) is 24.4 Å². The van der Waals surface area contributed by atoms with Crippen LogP contribution in [0.4, 0.5) is 10.1 Å². The topological polar surface area (TPSA) is 29.4 Å². The summed E-state index contributed by atoms with van der Waals surface area (Å²) in [5.41, 5.74) is 2.62. The second-order valence-electron chi connectivity index (χ2n) is 5.20. The highest BCUT2D eigenvalue weighted by atomic mass is 79.9. The first-order valence-electron chi connectivity index (χ1n) is 7.32. The van der Waals surface area contributed by atoms with E-state index in [1.807, 2.05) is 30.3 Å². The minimum atomic E-state index is -0.362. The summed E-state index contributed by atoms with van der Waals surface area (Å²) in [6.45, 7) is 0. The van der Waals surface area contributed by atoms with Gasteiger partial charge in [-0.15, -0.1) is 0 Å². The maximum atomic E-state index is 13.0. The monoisotopic (exact) mass is 381 g/mol. The first kappa shape index (κ1) is 16.3. The van der Waals surface area contributed by atoms with Crippen LogP contribution in [0.3, 0.4) is 0 Å². The Bertz CT molecular complexity index is 886. The Labute approximate surface area is 147 Å². The molecule has 2 nitrogen and oxygen atoms in total. The number of halogens is 2. The molecule has 0 aromatic heterocycles. The smallest absolute Gasteiger partial charge is 0.193 e. The molecule has 3 aromatic carbocycles. The van der Waals surface area contributed by atoms with E-state index < -0.39 is 0 Å². The van der Waals surface area contributed by atoms with Gasteiger partial charge in [-0.2, -0.15) is 0 Å². The molecule has 0 aliphatic carbocycles. The molecule has 0 N–H and O–H groups in total. The van der Waals surface area contributed by atoms with Crippen molar-refractivity contribution in [2.75, 3.05) is 0 Å². The molecule has 4 heteroatoms. The van der Waals surface area contributed by atoms with Crippen molar-refractivity contribution in [1.29, 1.82) is 0 Å². The van der Waals surface area contributed by atoms with Crippen molar-refractivity contribution in [2.24, 2.45) is 4.99 Å². The zero-order valence-corrected chi connectivity index (χ0v) is 14.2. The highest BCUT2D eigenvalue weighted by Gasteiger charge is 2.09. The normalized spacial score (nSPS) is 10.9. The zero-order valence-electron chi connectivity index (χ0n) is 12.6. The van der Waals surface area contributed by atoms with Crippen LogP contribution in [0, 0.1) is 5.82 Å². The molecule has 0 aliphatic heterocycles. The van der Waals surface area contributed by atoms with Gasteiger partial charge in [0.05, 0.1) is 5.69 Å². The second kappa shape index (κ2) is 7.32. The first-order chi connectivity index (χ1) is 11.6. The minimum Gasteiger partial charge on any atom is -0.289 e. The number of ketones is 1. The van der Waals surface area contributed by atoms with Crippen LogP contribution in [-0.2, 0) is 0 Å². The lowest BCUT2D eigenvalue weighted by atomic mass is 10.0. The van der Waals surface area contributed by atoms with E-state index in [0.717, 1.165) is 10.0 Å². The number of rotatable bonds is 4. The Kier molecular flexibility index (Phi) is 4.96. The summed E-state index contributed by atoms with van der Waals surface area (Å²) in [6.07, 6.45) is 1.74. The predicted octanol–water partition coefficient (Wildman–Crippen LogP) is 5.57. The van der Waals surface area contributed by atoms with Crippen molar-refractivity contribution >= 4 is 33.6 Å². The Morgan fingerprint density at radius 3 is 2.33 bits per heavy atom. The minimum absolute atomic E-state index is 0.157. The molecule has 0 fully saturated rings. The Morgan fingerprint density at radius 2 is 1.62 bits per heavy atom. The van der Waals surface area contributed by atoms with E-state index in [2.05, 4.69) is 20.9 Å². The Hall–Kier alpha value is -2.59. The van der Waals surface area contributed by atoms with Crippen LogP contribution in [0.5, 0.6) is 0 Å². The van der Waals surface area contributed by atoms with Gasteiger partial charge in [0.15, 0.2) is 5.78 Å². The maximum absolute atomic E-state index is 13.0. The van der Waals surface area contributed by atoms with Gasteiger partial charge in [0, 0.05) is 21.8 Å². The molecular formula is C20H13BrFNO. The third kappa shape index (κ3) is 4.03. The van der Waals surface area contributed by atoms with E-state index in [4.69, 9.17) is 0 Å². The van der Waals surface area contributed by atoms with Crippen molar-refractivity contribution in [1.82, 2.24) is 0 Å². The average Bonchev–Trinajstić information content (AvgIpc) is 2.61. The lowest BCUT2D eigenvalue weighted by Gasteiger charge is -2.02. The summed E-state index contributed by atoms with van der Waals surface area (Å²) in [5.74, 6) is -0.518. The van der Waals surface area contributed by atoms with Gasteiger partial charge in [-0.25, -0.2) is 4.39 Å². The standard InChI is InChI=1S/C20H13BrFNO/c21-17-8-4-14(5-9-17)13-23-19-3-1-2-16(12-19)20(24)15-6-10-18(22)11-7-15/h1-13H. The third-order valence-corrected chi connectivity index (χ3v) is 3.98. The van der Waals surface area contributed by atoms with Gasteiger partial charge in [0.25, 0.3) is 0 Å². The number of carbonyl (C=O) groups is 1. The highest BCUT2D eigenvalue weighted by molar-refractivity contribution is 9.10. The van der Waals surface area contributed by atoms with Gasteiger partial charge < -0.3 is 0 Å². The van der Waals surface area contributed by atoms with E-state index in [0.29, 0.717) is 16.8 Å². The largest absolute Gasteiger partial charge is 0.289 e. The quantitative estimate of drug-likeness (QED) is 0.429. The summed E-state index contributed by atoms with van der Waals surface area (Å²) in [7, 11) is 0. The lowest BCUT2D eigenvalue weighted by molar-refractivity contribution is 0.103. The number of carbonyl (C=O) groups excluding carboxylic acids is 1. The molecule has 0 unspecified atom stereocenters. The molecule has 0 atom stereocenters. The summed E-state index contributed by atoms with van der Waals surface area (Å²) in [6, 6.07) is 20.4. The van der Waals surface area contributed by atoms with Crippen LogP contribution in [0.1, 0.15) is 21.5 Å². The van der Waals surface area contributed by atoms with Gasteiger partial charge >= 0.3 is 0 Å². The molecular weight excluding hydrogens is 369 g/mol. The molecule has 0 saturated heterocycles. The summed E-state index contributed by atoms with van der Waals surface area (Å²) >= 11 is 3.39. The lowest BCUT2D eigenvalue weighted by Crippen LogP contribution is -2.00. The van der Waals surface area contributed by atoms with Gasteiger partial charge in [-0.3, -0.25) is 9.79 Å². The van der Waals surface area contributed by atoms with Crippen LogP contribution < -0.4 is 0 Å². The molecule has 0 aliphatic rings. The number of hydrogen-bond donors (Lipinski definition) is 0. The molecule has 0 amide bonds. The molecule has 118 valence electrons. The fourth-order valence-corrected chi connectivity index (χ4v) is 2.46. The van der Waals surface area contributed by atoms with E-state index in [1.165, 1.54) is 24.3 Å². The van der Waals surface area contributed by atoms with Crippen LogP contribution in [0.15, 0.2) is 82.3 Å². The van der Waals surface area contributed by atoms with Crippen molar-refractivity contribution in [2.45, 2.75) is 0 Å². The first-order valence-corrected chi connectivity index (χ1v) is 8.11. The van der Waals surface area contributed by atoms with Crippen molar-refractivity contribution in [3.63, 3.8) is 0 Å². The van der Waals surface area contributed by atoms with E-state index in [9.17, 15) is 9.18 Å². The number of hydrogen-bond acceptors (Lipinski definition) is 2. The van der Waals surface area contributed by atoms with Gasteiger partial charge in [-0.05, 0) is 54.1 Å². The number of benzene rings is 3. The van der Waals surface area contributed by atoms with Crippen LogP contribution in [0.25, 0.3) is 0 Å². The van der Waals surface area contributed by atoms with Crippen LogP contribution in [-0.4, -0.2) is 12.0 Å². The Balaban J connectivity index is 1.82. The molecule has 0 saturated carbocycles. The van der Waals surface area contributed by atoms with Crippen LogP contribution >= 0.6 is 15.9 Å². The highest BCUT2D eigenvalue weighted by Crippen LogP contribution is 2.18. The van der Waals surface area contributed by atoms with Gasteiger partial charge in [0.2, 0.25) is 0 Å². The molecule has 0 heterocycles. The SMILES string of the molecule is O=C(c1ccc(F)cc1)c1cccc(N=Cc2ccc(Br)cc2)c1. The van der Waals surface area contributed by atoms with E-state index >= 15 is 0 Å². The summed E-state index contributed by atoms with van der Waals surface area (Å²) in [5, 5.41) is 0. The second-order valence-corrected chi connectivity index (χ2v) is 6.11. The fraction of sp³-hybridized carbons (Fsp3) is 0.